The number of hydrogen-bond acceptors (Lipinski definition) is 6. The molecule has 3 unspecified atom stereocenters. The van der Waals surface area contributed by atoms with Crippen LogP contribution in [0.1, 0.15) is 43.7 Å². The van der Waals surface area contributed by atoms with Gasteiger partial charge in [-0.25, -0.2) is 4.99 Å². The maximum atomic E-state index is 6.66. The van der Waals surface area contributed by atoms with E-state index in [1.807, 2.05) is 12.4 Å². The van der Waals surface area contributed by atoms with Gasteiger partial charge in [-0.05, 0) is 47.9 Å². The molecule has 0 amide bonds. The summed E-state index contributed by atoms with van der Waals surface area (Å²) in [5, 5.41) is 0. The first-order chi connectivity index (χ1) is 15.1. The van der Waals surface area contributed by atoms with Crippen molar-refractivity contribution in [2.45, 2.75) is 44.2 Å². The largest absolute Gasteiger partial charge is 0.489 e. The average molecular weight is 420 g/mol. The lowest BCUT2D eigenvalue weighted by Gasteiger charge is -2.57. The van der Waals surface area contributed by atoms with E-state index in [2.05, 4.69) is 42.3 Å². The van der Waals surface area contributed by atoms with Crippen molar-refractivity contribution >= 4 is 17.8 Å². The minimum Gasteiger partial charge on any atom is -0.489 e. The van der Waals surface area contributed by atoms with Gasteiger partial charge in [-0.2, -0.15) is 0 Å². The monoisotopic (exact) mass is 419 g/mol. The number of nitrogens with two attached hydrogens (primary N) is 1. The number of fused-ring (bicyclic) bond motifs is 3. The van der Waals surface area contributed by atoms with Crippen molar-refractivity contribution < 1.29 is 14.2 Å². The predicted octanol–water partition coefficient (Wildman–Crippen LogP) is 3.81. The second-order valence-electron chi connectivity index (χ2n) is 9.74. The summed E-state index contributed by atoms with van der Waals surface area (Å²) in [6.07, 6.45) is 12.9. The molecule has 6 rings (SSSR count). The molecule has 2 spiro atoms. The number of ether oxygens (including phenoxy) is 3. The van der Waals surface area contributed by atoms with Gasteiger partial charge < -0.3 is 19.9 Å². The third-order valence-corrected chi connectivity index (χ3v) is 7.54. The zero-order chi connectivity index (χ0) is 21.1. The van der Waals surface area contributed by atoms with Crippen molar-refractivity contribution in [1.29, 1.82) is 0 Å². The molecule has 1 aromatic rings. The molecule has 0 bridgehead atoms. The molecule has 4 aliphatic heterocycles. The third-order valence-electron chi connectivity index (χ3n) is 7.54. The number of aliphatic imine (C=N–C) groups is 2. The Labute approximate surface area is 182 Å². The second kappa shape index (κ2) is 6.95. The first kappa shape index (κ1) is 19.1. The van der Waals surface area contributed by atoms with E-state index in [4.69, 9.17) is 24.9 Å². The summed E-state index contributed by atoms with van der Waals surface area (Å²) in [6, 6.07) is 6.70. The summed E-state index contributed by atoms with van der Waals surface area (Å²) in [5.74, 6) is 2.08. The molecule has 6 nitrogen and oxygen atoms in total. The smallest absolute Gasteiger partial charge is 0.283 e. The predicted molar refractivity (Wildman–Crippen MR) is 120 cm³/mol. The topological polar surface area (TPSA) is 78.4 Å². The number of benzene rings is 1. The molecule has 4 heterocycles. The van der Waals surface area contributed by atoms with E-state index in [9.17, 15) is 0 Å². The summed E-state index contributed by atoms with van der Waals surface area (Å²) in [5.41, 5.74) is 8.59. The maximum Gasteiger partial charge on any atom is 0.283 e. The third kappa shape index (κ3) is 2.95. The van der Waals surface area contributed by atoms with Crippen molar-refractivity contribution in [3.05, 3.63) is 47.7 Å². The number of amidine groups is 1. The Hall–Kier alpha value is -2.60. The summed E-state index contributed by atoms with van der Waals surface area (Å²) in [4.78, 5) is 9.40. The first-order valence-corrected chi connectivity index (χ1v) is 11.4. The fourth-order valence-corrected chi connectivity index (χ4v) is 5.48. The van der Waals surface area contributed by atoms with Crippen LogP contribution >= 0.6 is 0 Å². The maximum absolute atomic E-state index is 6.66. The Morgan fingerprint density at radius 2 is 2.06 bits per heavy atom. The fraction of sp³-hybridized carbons (Fsp3) is 0.520. The zero-order valence-corrected chi connectivity index (χ0v) is 17.9. The van der Waals surface area contributed by atoms with Gasteiger partial charge in [0.05, 0.1) is 18.6 Å². The van der Waals surface area contributed by atoms with Crippen LogP contribution < -0.4 is 10.5 Å². The normalized spacial score (nSPS) is 32.9. The van der Waals surface area contributed by atoms with Crippen LogP contribution in [0.5, 0.6) is 5.75 Å². The molecule has 2 fully saturated rings. The number of allylic oxidation sites excluding steroid dienone is 3. The van der Waals surface area contributed by atoms with Crippen LogP contribution in [0.2, 0.25) is 0 Å². The molecule has 2 N–H and O–H groups in total. The van der Waals surface area contributed by atoms with Crippen LogP contribution in [0.25, 0.3) is 5.57 Å². The van der Waals surface area contributed by atoms with E-state index in [-0.39, 0.29) is 17.5 Å². The van der Waals surface area contributed by atoms with E-state index < -0.39 is 5.54 Å². The van der Waals surface area contributed by atoms with Gasteiger partial charge in [0.25, 0.3) is 6.02 Å². The molecule has 1 aromatic carbocycles. The van der Waals surface area contributed by atoms with Crippen LogP contribution in [0.15, 0.2) is 46.5 Å². The van der Waals surface area contributed by atoms with Crippen molar-refractivity contribution in [2.75, 3.05) is 19.8 Å². The van der Waals surface area contributed by atoms with Crippen LogP contribution in [0.4, 0.5) is 0 Å². The van der Waals surface area contributed by atoms with Gasteiger partial charge in [-0.1, -0.05) is 38.0 Å². The van der Waals surface area contributed by atoms with E-state index in [0.29, 0.717) is 25.7 Å². The van der Waals surface area contributed by atoms with Crippen molar-refractivity contribution in [3.63, 3.8) is 0 Å². The van der Waals surface area contributed by atoms with Gasteiger partial charge in [0.1, 0.15) is 24.0 Å². The highest BCUT2D eigenvalue weighted by atomic mass is 16.5. The van der Waals surface area contributed by atoms with Crippen LogP contribution in [0, 0.1) is 17.3 Å². The van der Waals surface area contributed by atoms with E-state index in [0.717, 1.165) is 41.2 Å². The highest BCUT2D eigenvalue weighted by Crippen LogP contribution is 2.60. The second-order valence-corrected chi connectivity index (χ2v) is 9.74. The molecule has 162 valence electrons. The minimum absolute atomic E-state index is 0.0673. The van der Waals surface area contributed by atoms with Crippen LogP contribution in [-0.4, -0.2) is 38.2 Å². The Morgan fingerprint density at radius 3 is 2.77 bits per heavy atom. The molecular weight excluding hydrogens is 390 g/mol. The van der Waals surface area contributed by atoms with Crippen molar-refractivity contribution in [3.8, 4) is 5.75 Å². The Balaban J connectivity index is 1.48. The molecular formula is C25H29N3O3. The average Bonchev–Trinajstić information content (AvgIpc) is 3.44. The molecule has 31 heavy (non-hydrogen) atoms. The summed E-state index contributed by atoms with van der Waals surface area (Å²) >= 11 is 0. The van der Waals surface area contributed by atoms with Gasteiger partial charge in [-0.15, -0.1) is 0 Å². The first-order valence-electron chi connectivity index (χ1n) is 11.4. The lowest BCUT2D eigenvalue weighted by atomic mass is 9.59. The summed E-state index contributed by atoms with van der Waals surface area (Å²) in [6.45, 7) is 3.92. The molecule has 1 saturated carbocycles. The van der Waals surface area contributed by atoms with Crippen molar-refractivity contribution in [2.24, 2.45) is 33.0 Å². The van der Waals surface area contributed by atoms with Gasteiger partial charge in [0.15, 0.2) is 0 Å². The van der Waals surface area contributed by atoms with Crippen molar-refractivity contribution in [1.82, 2.24) is 0 Å². The standard InChI is InChI=1S/C25H29N3O3/c1-16-3-2-8-27-12-19(9-16)18-6-7-21-20(11-18)25(15-30-23(26)28-25)24(13-29-14-24)22(31-21)10-17-4-5-17/h2,6-9,11-12,16-17,22H,3-5,10,13-15H2,1H3,(H2,26,28). The van der Waals surface area contributed by atoms with Crippen LogP contribution in [0.3, 0.4) is 0 Å². The molecule has 6 heteroatoms. The molecule has 0 aromatic heterocycles. The number of rotatable bonds is 3. The van der Waals surface area contributed by atoms with E-state index >= 15 is 0 Å². The number of hydrogen-bond donors (Lipinski definition) is 1. The summed E-state index contributed by atoms with van der Waals surface area (Å²) < 4.78 is 18.3. The fourth-order valence-electron chi connectivity index (χ4n) is 5.48. The highest BCUT2D eigenvalue weighted by Gasteiger charge is 2.68. The lowest BCUT2D eigenvalue weighted by Crippen LogP contribution is -2.67. The molecule has 1 aliphatic carbocycles. The molecule has 5 aliphatic rings. The number of nitrogens with zero attached hydrogens (tertiary/aromatic N) is 2. The Morgan fingerprint density at radius 1 is 1.19 bits per heavy atom. The van der Waals surface area contributed by atoms with Gasteiger partial charge >= 0.3 is 0 Å². The van der Waals surface area contributed by atoms with Gasteiger partial charge in [0.2, 0.25) is 0 Å². The minimum atomic E-state index is -0.566. The molecule has 0 radical (unpaired) electrons. The Bertz CT molecular complexity index is 1020. The zero-order valence-electron chi connectivity index (χ0n) is 17.9. The molecule has 3 atom stereocenters. The van der Waals surface area contributed by atoms with Gasteiger partial charge in [0, 0.05) is 18.0 Å². The highest BCUT2D eigenvalue weighted by molar-refractivity contribution is 6.10. The van der Waals surface area contributed by atoms with Crippen LogP contribution in [-0.2, 0) is 15.0 Å². The molecule has 1 saturated heterocycles. The van der Waals surface area contributed by atoms with E-state index in [1.165, 1.54) is 12.8 Å². The Kier molecular flexibility index (Phi) is 4.29. The van der Waals surface area contributed by atoms with E-state index in [1.54, 1.807) is 0 Å². The SMILES string of the molecule is CC1C=C(c2ccc3c(c2)C2(COC(N)=N2)C2(COC2)C(CC2CC2)O3)C=NC=CC1. The summed E-state index contributed by atoms with van der Waals surface area (Å²) in [7, 11) is 0. The lowest BCUT2D eigenvalue weighted by molar-refractivity contribution is -0.218. The quantitative estimate of drug-likeness (QED) is 0.808. The van der Waals surface area contributed by atoms with Gasteiger partial charge in [-0.3, -0.25) is 4.99 Å².